The predicted octanol–water partition coefficient (Wildman–Crippen LogP) is 2.08. The molecule has 3 rings (SSSR count). The first-order chi connectivity index (χ1) is 12.0. The van der Waals surface area contributed by atoms with Crippen molar-refractivity contribution >= 4 is 22.6 Å². The average molecular weight is 339 g/mol. The number of hydrogen-bond acceptors (Lipinski definition) is 3. The van der Waals surface area contributed by atoms with E-state index in [0.717, 1.165) is 42.4 Å². The molecule has 2 amide bonds. The molecule has 0 radical (unpaired) electrons. The van der Waals surface area contributed by atoms with Gasteiger partial charge >= 0.3 is 0 Å². The lowest BCUT2D eigenvalue weighted by Crippen LogP contribution is -2.39. The lowest BCUT2D eigenvalue weighted by molar-refractivity contribution is -0.129. The molecule has 132 valence electrons. The molecule has 5 heteroatoms. The van der Waals surface area contributed by atoms with Gasteiger partial charge < -0.3 is 9.80 Å². The molecule has 0 atom stereocenters. The van der Waals surface area contributed by atoms with E-state index in [0.29, 0.717) is 13.1 Å². The van der Waals surface area contributed by atoms with E-state index in [-0.39, 0.29) is 11.8 Å². The summed E-state index contributed by atoms with van der Waals surface area (Å²) >= 11 is 0. The molecule has 25 heavy (non-hydrogen) atoms. The van der Waals surface area contributed by atoms with Crippen molar-refractivity contribution in [3.8, 4) is 0 Å². The Labute approximate surface area is 148 Å². The first-order valence-corrected chi connectivity index (χ1v) is 8.75. The van der Waals surface area contributed by atoms with E-state index < -0.39 is 0 Å². The number of likely N-dealkylation sites (N-methyl/N-ethyl adjacent to an activating group) is 1. The Morgan fingerprint density at radius 2 is 1.72 bits per heavy atom. The molecule has 1 saturated heterocycles. The Morgan fingerprint density at radius 3 is 2.48 bits per heavy atom. The molecule has 0 bridgehead atoms. The zero-order valence-corrected chi connectivity index (χ0v) is 14.9. The van der Waals surface area contributed by atoms with E-state index in [4.69, 9.17) is 0 Å². The largest absolute Gasteiger partial charge is 0.348 e. The fourth-order valence-corrected chi connectivity index (χ4v) is 3.17. The quantitative estimate of drug-likeness (QED) is 0.860. The fourth-order valence-electron chi connectivity index (χ4n) is 3.17. The van der Waals surface area contributed by atoms with Crippen LogP contribution in [0.25, 0.3) is 10.8 Å². The molecular formula is C20H25N3O2. The normalized spacial score (nSPS) is 15.8. The van der Waals surface area contributed by atoms with E-state index >= 15 is 0 Å². The molecule has 0 spiro atoms. The Hall–Kier alpha value is -2.40. The highest BCUT2D eigenvalue weighted by Gasteiger charge is 2.22. The minimum absolute atomic E-state index is 0.0755. The molecule has 1 aliphatic rings. The molecule has 5 nitrogen and oxygen atoms in total. The lowest BCUT2D eigenvalue weighted by Gasteiger charge is -2.23. The second-order valence-electron chi connectivity index (χ2n) is 6.77. The van der Waals surface area contributed by atoms with Gasteiger partial charge in [-0.1, -0.05) is 30.3 Å². The zero-order valence-electron chi connectivity index (χ0n) is 14.9. The van der Waals surface area contributed by atoms with Gasteiger partial charge in [0.25, 0.3) is 5.91 Å². The van der Waals surface area contributed by atoms with E-state index in [9.17, 15) is 9.59 Å². The van der Waals surface area contributed by atoms with Crippen molar-refractivity contribution in [2.75, 3.05) is 46.8 Å². The minimum Gasteiger partial charge on any atom is -0.348 e. The highest BCUT2D eigenvalue weighted by Crippen LogP contribution is 2.17. The van der Waals surface area contributed by atoms with E-state index in [1.807, 2.05) is 41.3 Å². The van der Waals surface area contributed by atoms with Gasteiger partial charge in [-0.25, -0.2) is 0 Å². The minimum atomic E-state index is 0.0755. The van der Waals surface area contributed by atoms with Gasteiger partial charge in [0.15, 0.2) is 0 Å². The SMILES string of the molecule is CN(C)C(=O)CN1CCCN(C(=O)c2ccc3ccccc3c2)CC1. The molecule has 0 N–H and O–H groups in total. The van der Waals surface area contributed by atoms with Gasteiger partial charge in [0.05, 0.1) is 6.54 Å². The highest BCUT2D eigenvalue weighted by atomic mass is 16.2. The molecule has 2 aromatic carbocycles. The summed E-state index contributed by atoms with van der Waals surface area (Å²) in [4.78, 5) is 30.4. The summed E-state index contributed by atoms with van der Waals surface area (Å²) in [5.41, 5.74) is 0.733. The maximum absolute atomic E-state index is 12.9. The molecule has 1 fully saturated rings. The van der Waals surface area contributed by atoms with Crippen LogP contribution >= 0.6 is 0 Å². The van der Waals surface area contributed by atoms with Gasteiger partial charge in [-0.2, -0.15) is 0 Å². The number of hydrogen-bond donors (Lipinski definition) is 0. The zero-order chi connectivity index (χ0) is 17.8. The fraction of sp³-hybridized carbons (Fsp3) is 0.400. The summed E-state index contributed by atoms with van der Waals surface area (Å²) < 4.78 is 0. The van der Waals surface area contributed by atoms with Crippen molar-refractivity contribution in [1.82, 2.24) is 14.7 Å². The second-order valence-corrected chi connectivity index (χ2v) is 6.77. The maximum Gasteiger partial charge on any atom is 0.253 e. The van der Waals surface area contributed by atoms with Gasteiger partial charge in [-0.05, 0) is 29.3 Å². The molecule has 0 aromatic heterocycles. The Bertz CT molecular complexity index is 772. The number of nitrogens with zero attached hydrogens (tertiary/aromatic N) is 3. The number of rotatable bonds is 3. The number of carbonyl (C=O) groups excluding carboxylic acids is 2. The van der Waals surface area contributed by atoms with Crippen LogP contribution in [0.15, 0.2) is 42.5 Å². The third-order valence-corrected chi connectivity index (χ3v) is 4.73. The van der Waals surface area contributed by atoms with Crippen molar-refractivity contribution in [2.24, 2.45) is 0 Å². The van der Waals surface area contributed by atoms with Crippen LogP contribution in [-0.2, 0) is 4.79 Å². The molecule has 0 unspecified atom stereocenters. The van der Waals surface area contributed by atoms with Crippen molar-refractivity contribution in [3.05, 3.63) is 48.0 Å². The number of fused-ring (bicyclic) bond motifs is 1. The van der Waals surface area contributed by atoms with E-state index in [2.05, 4.69) is 11.0 Å². The predicted molar refractivity (Wildman–Crippen MR) is 99.6 cm³/mol. The summed E-state index contributed by atoms with van der Waals surface area (Å²) in [5.74, 6) is 0.181. The van der Waals surface area contributed by atoms with Crippen LogP contribution in [0.2, 0.25) is 0 Å². The van der Waals surface area contributed by atoms with Gasteiger partial charge in [0.1, 0.15) is 0 Å². The van der Waals surface area contributed by atoms with Gasteiger partial charge in [-0.3, -0.25) is 14.5 Å². The Morgan fingerprint density at radius 1 is 0.960 bits per heavy atom. The van der Waals surface area contributed by atoms with Crippen LogP contribution in [-0.4, -0.2) is 73.3 Å². The number of benzene rings is 2. The van der Waals surface area contributed by atoms with Gasteiger partial charge in [0, 0.05) is 45.8 Å². The molecule has 1 heterocycles. The molecule has 2 aromatic rings. The highest BCUT2D eigenvalue weighted by molar-refractivity contribution is 5.98. The van der Waals surface area contributed by atoms with Gasteiger partial charge in [-0.15, -0.1) is 0 Å². The van der Waals surface area contributed by atoms with E-state index in [1.54, 1.807) is 19.0 Å². The summed E-state index contributed by atoms with van der Waals surface area (Å²) in [5, 5.41) is 2.23. The molecule has 0 saturated carbocycles. The third kappa shape index (κ3) is 4.17. The Kier molecular flexibility index (Phi) is 5.34. The third-order valence-electron chi connectivity index (χ3n) is 4.73. The summed E-state index contributed by atoms with van der Waals surface area (Å²) in [7, 11) is 3.55. The molecule has 1 aliphatic heterocycles. The average Bonchev–Trinajstić information content (AvgIpc) is 2.86. The van der Waals surface area contributed by atoms with Crippen LogP contribution in [0.3, 0.4) is 0 Å². The summed E-state index contributed by atoms with van der Waals surface area (Å²) in [6.07, 6.45) is 0.889. The lowest BCUT2D eigenvalue weighted by atomic mass is 10.1. The van der Waals surface area contributed by atoms with Crippen molar-refractivity contribution in [1.29, 1.82) is 0 Å². The smallest absolute Gasteiger partial charge is 0.253 e. The van der Waals surface area contributed by atoms with Crippen LogP contribution in [0.1, 0.15) is 16.8 Å². The molecular weight excluding hydrogens is 314 g/mol. The van der Waals surface area contributed by atoms with Crippen molar-refractivity contribution < 1.29 is 9.59 Å². The van der Waals surface area contributed by atoms with E-state index in [1.165, 1.54) is 0 Å². The van der Waals surface area contributed by atoms with Gasteiger partial charge in [0.2, 0.25) is 5.91 Å². The number of carbonyl (C=O) groups is 2. The standard InChI is InChI=1S/C20H25N3O2/c1-21(2)19(24)15-22-10-5-11-23(13-12-22)20(25)18-9-8-16-6-3-4-7-17(16)14-18/h3-4,6-9,14H,5,10-13,15H2,1-2H3. The van der Waals surface area contributed by atoms with Crippen molar-refractivity contribution in [3.63, 3.8) is 0 Å². The van der Waals surface area contributed by atoms with Crippen molar-refractivity contribution in [2.45, 2.75) is 6.42 Å². The number of amides is 2. The monoisotopic (exact) mass is 339 g/mol. The molecule has 0 aliphatic carbocycles. The van der Waals surface area contributed by atoms with Crippen LogP contribution in [0.5, 0.6) is 0 Å². The van der Waals surface area contributed by atoms with Crippen LogP contribution < -0.4 is 0 Å². The summed E-state index contributed by atoms with van der Waals surface area (Å²) in [6.45, 7) is 3.40. The maximum atomic E-state index is 12.9. The first kappa shape index (κ1) is 17.4. The van der Waals surface area contributed by atoms with Crippen LogP contribution in [0.4, 0.5) is 0 Å². The summed E-state index contributed by atoms with van der Waals surface area (Å²) in [6, 6.07) is 13.9. The Balaban J connectivity index is 1.67. The first-order valence-electron chi connectivity index (χ1n) is 8.75. The second kappa shape index (κ2) is 7.66. The van der Waals surface area contributed by atoms with Crippen LogP contribution in [0, 0.1) is 0 Å². The topological polar surface area (TPSA) is 43.9 Å².